The van der Waals surface area contributed by atoms with Crippen molar-refractivity contribution in [3.63, 3.8) is 0 Å². The number of aryl methyl sites for hydroxylation is 1. The van der Waals surface area contributed by atoms with Crippen LogP contribution in [0.5, 0.6) is 0 Å². The van der Waals surface area contributed by atoms with Crippen LogP contribution in [0.15, 0.2) is 53.6 Å². The molecule has 0 aliphatic heterocycles. The van der Waals surface area contributed by atoms with Crippen LogP contribution >= 0.6 is 0 Å². The molecule has 13 heteroatoms. The highest BCUT2D eigenvalue weighted by molar-refractivity contribution is 7.90. The van der Waals surface area contributed by atoms with Gasteiger partial charge in [0.15, 0.2) is 11.6 Å². The van der Waals surface area contributed by atoms with E-state index in [0.717, 1.165) is 11.8 Å². The predicted molar refractivity (Wildman–Crippen MR) is 128 cm³/mol. The van der Waals surface area contributed by atoms with Gasteiger partial charge in [0.25, 0.3) is 0 Å². The van der Waals surface area contributed by atoms with Gasteiger partial charge in [-0.15, -0.1) is 0 Å². The van der Waals surface area contributed by atoms with Crippen LogP contribution in [0.25, 0.3) is 0 Å². The van der Waals surface area contributed by atoms with Crippen molar-refractivity contribution in [3.8, 4) is 0 Å². The molecule has 1 heterocycles. The van der Waals surface area contributed by atoms with Gasteiger partial charge >= 0.3 is 0 Å². The van der Waals surface area contributed by atoms with E-state index in [1.165, 1.54) is 6.07 Å². The second kappa shape index (κ2) is 10.0. The Morgan fingerprint density at radius 3 is 2.26 bits per heavy atom. The molecule has 5 N–H and O–H groups in total. The third-order valence-electron chi connectivity index (χ3n) is 4.81. The summed E-state index contributed by atoms with van der Waals surface area (Å²) in [5.74, 6) is -0.772. The van der Waals surface area contributed by atoms with E-state index in [1.54, 1.807) is 57.2 Å². The lowest BCUT2D eigenvalue weighted by atomic mass is 10.2. The van der Waals surface area contributed by atoms with Crippen LogP contribution < -0.4 is 20.5 Å². The highest BCUT2D eigenvalue weighted by Crippen LogP contribution is 2.23. The lowest BCUT2D eigenvalue weighted by Crippen LogP contribution is -2.30. The molecule has 10 nitrogen and oxygen atoms in total. The number of sulfonamides is 2. The summed E-state index contributed by atoms with van der Waals surface area (Å²) in [6.45, 7) is 4.93. The molecule has 3 aromatic rings. The van der Waals surface area contributed by atoms with E-state index in [-0.39, 0.29) is 23.2 Å². The summed E-state index contributed by atoms with van der Waals surface area (Å²) in [5, 5.41) is 10.4. The molecule has 0 bridgehead atoms. The Labute approximate surface area is 197 Å². The maximum atomic E-state index is 14.3. The van der Waals surface area contributed by atoms with E-state index in [4.69, 9.17) is 5.14 Å². The second-order valence-corrected chi connectivity index (χ2v) is 11.6. The summed E-state index contributed by atoms with van der Waals surface area (Å²) >= 11 is 0. The summed E-state index contributed by atoms with van der Waals surface area (Å²) in [7, 11) is -7.30. The fraction of sp³-hybridized carbons (Fsp3) is 0.238. The number of halogens is 1. The average molecular weight is 509 g/mol. The molecule has 0 unspecified atom stereocenters. The third kappa shape index (κ3) is 6.47. The van der Waals surface area contributed by atoms with Crippen LogP contribution in [-0.2, 0) is 26.6 Å². The summed E-state index contributed by atoms with van der Waals surface area (Å²) in [4.78, 5) is 7.94. The fourth-order valence-electron chi connectivity index (χ4n) is 2.82. The Morgan fingerprint density at radius 2 is 1.65 bits per heavy atom. The summed E-state index contributed by atoms with van der Waals surface area (Å²) < 4.78 is 64.0. The molecule has 182 valence electrons. The molecule has 0 fully saturated rings. The monoisotopic (exact) mass is 508 g/mol. The van der Waals surface area contributed by atoms with Crippen molar-refractivity contribution in [2.45, 2.75) is 37.5 Å². The van der Waals surface area contributed by atoms with Crippen molar-refractivity contribution in [3.05, 3.63) is 65.6 Å². The van der Waals surface area contributed by atoms with E-state index in [0.29, 0.717) is 16.9 Å². The molecule has 0 saturated carbocycles. The minimum absolute atomic E-state index is 0.0350. The van der Waals surface area contributed by atoms with Gasteiger partial charge in [-0.2, -0.15) is 4.98 Å². The Morgan fingerprint density at radius 1 is 1.00 bits per heavy atom. The zero-order valence-electron chi connectivity index (χ0n) is 18.7. The molecular weight excluding hydrogens is 483 g/mol. The number of rotatable bonds is 9. The molecule has 2 aromatic carbocycles. The lowest BCUT2D eigenvalue weighted by molar-refractivity contribution is 0.572. The van der Waals surface area contributed by atoms with Crippen LogP contribution in [0.2, 0.25) is 0 Å². The molecule has 0 aliphatic carbocycles. The smallest absolute Gasteiger partial charge is 0.238 e. The normalized spacial score (nSPS) is 12.1. The summed E-state index contributed by atoms with van der Waals surface area (Å²) in [5.41, 5.74) is 2.09. The molecule has 0 amide bonds. The molecule has 34 heavy (non-hydrogen) atoms. The molecule has 0 aliphatic rings. The number of hydrogen-bond acceptors (Lipinski definition) is 8. The number of hydrogen-bond donors (Lipinski definition) is 4. The van der Waals surface area contributed by atoms with Crippen molar-refractivity contribution in [2.24, 2.45) is 5.14 Å². The first-order valence-corrected chi connectivity index (χ1v) is 13.2. The van der Waals surface area contributed by atoms with Gasteiger partial charge < -0.3 is 10.6 Å². The number of benzene rings is 2. The Hall–Kier alpha value is -3.13. The number of anilines is 4. The number of nitrogens with two attached hydrogens (primary N) is 1. The van der Waals surface area contributed by atoms with Crippen LogP contribution in [0.4, 0.5) is 27.5 Å². The Balaban J connectivity index is 1.74. The van der Waals surface area contributed by atoms with Crippen molar-refractivity contribution in [1.29, 1.82) is 0 Å². The van der Waals surface area contributed by atoms with Gasteiger partial charge in [-0.25, -0.2) is 36.1 Å². The Kier molecular flexibility index (Phi) is 7.51. The molecule has 0 radical (unpaired) electrons. The highest BCUT2D eigenvalue weighted by atomic mass is 32.2. The van der Waals surface area contributed by atoms with Gasteiger partial charge in [0.2, 0.25) is 26.0 Å². The Bertz CT molecular complexity index is 1400. The molecular formula is C21H25FN6O4S2. The van der Waals surface area contributed by atoms with Crippen molar-refractivity contribution < 1.29 is 21.2 Å². The van der Waals surface area contributed by atoms with Gasteiger partial charge in [0, 0.05) is 17.9 Å². The third-order valence-corrected chi connectivity index (χ3v) is 7.65. The van der Waals surface area contributed by atoms with E-state index in [9.17, 15) is 21.2 Å². The zero-order chi connectivity index (χ0) is 25.1. The zero-order valence-corrected chi connectivity index (χ0v) is 20.3. The molecule has 3 rings (SSSR count). The van der Waals surface area contributed by atoms with Crippen LogP contribution in [0.1, 0.15) is 25.0 Å². The van der Waals surface area contributed by atoms with Crippen LogP contribution in [0, 0.1) is 12.7 Å². The predicted octanol–water partition coefficient (Wildman–Crippen LogP) is 2.89. The summed E-state index contributed by atoms with van der Waals surface area (Å²) in [6.07, 6.45) is 0.974. The molecule has 0 saturated heterocycles. The topological polar surface area (TPSA) is 156 Å². The van der Waals surface area contributed by atoms with Gasteiger partial charge in [-0.1, -0.05) is 18.2 Å². The maximum Gasteiger partial charge on any atom is 0.238 e. The number of nitrogens with zero attached hydrogens (tertiary/aromatic N) is 2. The van der Waals surface area contributed by atoms with E-state index in [2.05, 4.69) is 25.3 Å². The second-order valence-electron chi connectivity index (χ2n) is 7.78. The van der Waals surface area contributed by atoms with Gasteiger partial charge in [0.05, 0.1) is 16.3 Å². The van der Waals surface area contributed by atoms with E-state index < -0.39 is 31.1 Å². The number of aromatic nitrogens is 2. The molecule has 1 aromatic heterocycles. The van der Waals surface area contributed by atoms with Gasteiger partial charge in [0.1, 0.15) is 0 Å². The highest BCUT2D eigenvalue weighted by Gasteiger charge is 2.15. The maximum absolute atomic E-state index is 14.3. The van der Waals surface area contributed by atoms with Gasteiger partial charge in [-0.3, -0.25) is 0 Å². The minimum atomic E-state index is -3.92. The first-order valence-electron chi connectivity index (χ1n) is 10.1. The van der Waals surface area contributed by atoms with E-state index in [1.807, 2.05) is 0 Å². The standard InChI is InChI=1S/C21H25FN6O4S2/c1-13(2)34(31,32)25-11-15-5-8-16(9-6-15)26-20-18(22)12-24-21(28-20)27-17-7-4-14(3)19(10-17)33(23,29)30/h4-10,12-13,25H,11H2,1-3H3,(H2,23,29,30)(H2,24,26,27,28). The average Bonchev–Trinajstić information content (AvgIpc) is 2.76. The van der Waals surface area contributed by atoms with E-state index >= 15 is 0 Å². The quantitative estimate of drug-likeness (QED) is 0.344. The number of nitrogens with one attached hydrogen (secondary N) is 3. The number of primary sulfonamides is 1. The van der Waals surface area contributed by atoms with Crippen molar-refractivity contribution in [1.82, 2.24) is 14.7 Å². The molecule has 0 spiro atoms. The first-order chi connectivity index (χ1) is 15.8. The van der Waals surface area contributed by atoms with Crippen LogP contribution in [-0.4, -0.2) is 32.1 Å². The SMILES string of the molecule is Cc1ccc(Nc2ncc(F)c(Nc3ccc(CNS(=O)(=O)C(C)C)cc3)n2)cc1S(N)(=O)=O. The largest absolute Gasteiger partial charge is 0.338 e. The first kappa shape index (κ1) is 25.5. The fourth-order valence-corrected chi connectivity index (χ4v) is 4.33. The minimum Gasteiger partial charge on any atom is -0.338 e. The van der Waals surface area contributed by atoms with Crippen molar-refractivity contribution >= 4 is 43.2 Å². The van der Waals surface area contributed by atoms with Gasteiger partial charge in [-0.05, 0) is 56.2 Å². The summed E-state index contributed by atoms with van der Waals surface area (Å²) in [6, 6.07) is 11.3. The van der Waals surface area contributed by atoms with Crippen LogP contribution in [0.3, 0.4) is 0 Å². The van der Waals surface area contributed by atoms with Crippen molar-refractivity contribution in [2.75, 3.05) is 10.6 Å². The lowest BCUT2D eigenvalue weighted by Gasteiger charge is -2.12. The molecule has 0 atom stereocenters.